The fraction of sp³-hybridized carbons (Fsp3) is 0.455. The third kappa shape index (κ3) is 1.62. The second-order valence-corrected chi connectivity index (χ2v) is 4.02. The Morgan fingerprint density at radius 2 is 2.29 bits per heavy atom. The van der Waals surface area contributed by atoms with Crippen molar-refractivity contribution in [1.82, 2.24) is 0 Å². The van der Waals surface area contributed by atoms with Crippen LogP contribution in [0.1, 0.15) is 6.92 Å². The molecule has 1 atom stereocenters. The molecule has 0 spiro atoms. The number of anilines is 2. The molecule has 0 aromatic heterocycles. The number of fused-ring (bicyclic) bond motifs is 1. The number of nitrogens with two attached hydrogens (primary N) is 1. The SMILES string of the molecule is CC1COc2cc(N)ccc2N(C)C1. The summed E-state index contributed by atoms with van der Waals surface area (Å²) in [6.07, 6.45) is 0. The van der Waals surface area contributed by atoms with Gasteiger partial charge in [-0.05, 0) is 12.1 Å². The fourth-order valence-corrected chi connectivity index (χ4v) is 1.81. The molecule has 1 unspecified atom stereocenters. The van der Waals surface area contributed by atoms with Crippen LogP contribution in [-0.4, -0.2) is 20.2 Å². The Morgan fingerprint density at radius 3 is 3.07 bits per heavy atom. The van der Waals surface area contributed by atoms with Crippen LogP contribution in [0.4, 0.5) is 11.4 Å². The van der Waals surface area contributed by atoms with E-state index in [0.717, 1.165) is 30.3 Å². The third-order valence-corrected chi connectivity index (χ3v) is 2.50. The van der Waals surface area contributed by atoms with E-state index in [1.54, 1.807) is 0 Å². The molecule has 0 saturated carbocycles. The minimum Gasteiger partial charge on any atom is -0.491 e. The van der Waals surface area contributed by atoms with E-state index >= 15 is 0 Å². The third-order valence-electron chi connectivity index (χ3n) is 2.50. The maximum Gasteiger partial charge on any atom is 0.144 e. The average molecular weight is 192 g/mol. The second kappa shape index (κ2) is 3.40. The van der Waals surface area contributed by atoms with Gasteiger partial charge in [0.1, 0.15) is 5.75 Å². The van der Waals surface area contributed by atoms with Gasteiger partial charge in [0, 0.05) is 31.3 Å². The number of rotatable bonds is 0. The van der Waals surface area contributed by atoms with E-state index in [0.29, 0.717) is 5.92 Å². The zero-order valence-corrected chi connectivity index (χ0v) is 8.66. The van der Waals surface area contributed by atoms with Gasteiger partial charge in [0.05, 0.1) is 12.3 Å². The largest absolute Gasteiger partial charge is 0.491 e. The summed E-state index contributed by atoms with van der Waals surface area (Å²) in [4.78, 5) is 2.21. The van der Waals surface area contributed by atoms with Crippen LogP contribution < -0.4 is 15.4 Å². The molecule has 14 heavy (non-hydrogen) atoms. The molecule has 1 heterocycles. The van der Waals surface area contributed by atoms with E-state index in [1.807, 2.05) is 18.2 Å². The summed E-state index contributed by atoms with van der Waals surface area (Å²) < 4.78 is 5.69. The fourth-order valence-electron chi connectivity index (χ4n) is 1.81. The topological polar surface area (TPSA) is 38.5 Å². The molecule has 0 saturated heterocycles. The van der Waals surface area contributed by atoms with E-state index in [-0.39, 0.29) is 0 Å². The Balaban J connectivity index is 2.38. The van der Waals surface area contributed by atoms with Gasteiger partial charge >= 0.3 is 0 Å². The van der Waals surface area contributed by atoms with E-state index in [2.05, 4.69) is 18.9 Å². The number of nitrogen functional groups attached to an aromatic ring is 1. The van der Waals surface area contributed by atoms with Gasteiger partial charge in [-0.1, -0.05) is 6.92 Å². The predicted molar refractivity (Wildman–Crippen MR) is 58.8 cm³/mol. The van der Waals surface area contributed by atoms with Gasteiger partial charge < -0.3 is 15.4 Å². The number of benzene rings is 1. The molecule has 76 valence electrons. The lowest BCUT2D eigenvalue weighted by Gasteiger charge is -2.19. The highest BCUT2D eigenvalue weighted by molar-refractivity contribution is 5.64. The van der Waals surface area contributed by atoms with Crippen LogP contribution in [0.3, 0.4) is 0 Å². The maximum absolute atomic E-state index is 5.71. The molecular weight excluding hydrogens is 176 g/mol. The predicted octanol–water partition coefficient (Wildman–Crippen LogP) is 1.73. The molecule has 0 bridgehead atoms. The summed E-state index contributed by atoms with van der Waals surface area (Å²) in [5.74, 6) is 1.45. The first-order valence-corrected chi connectivity index (χ1v) is 4.90. The number of nitrogens with zero attached hydrogens (tertiary/aromatic N) is 1. The molecule has 3 nitrogen and oxygen atoms in total. The Bertz CT molecular complexity index is 338. The van der Waals surface area contributed by atoms with Crippen LogP contribution in [0.5, 0.6) is 5.75 Å². The molecule has 1 aromatic rings. The van der Waals surface area contributed by atoms with Gasteiger partial charge in [0.2, 0.25) is 0 Å². The van der Waals surface area contributed by atoms with Crippen molar-refractivity contribution < 1.29 is 4.74 Å². The maximum atomic E-state index is 5.71. The van der Waals surface area contributed by atoms with Gasteiger partial charge in [-0.2, -0.15) is 0 Å². The molecule has 0 amide bonds. The summed E-state index contributed by atoms with van der Waals surface area (Å²) in [6.45, 7) is 3.98. The van der Waals surface area contributed by atoms with Crippen LogP contribution >= 0.6 is 0 Å². The highest BCUT2D eigenvalue weighted by Crippen LogP contribution is 2.32. The first kappa shape index (κ1) is 9.19. The number of hydrogen-bond acceptors (Lipinski definition) is 3. The molecule has 0 fully saturated rings. The van der Waals surface area contributed by atoms with Gasteiger partial charge in [0.15, 0.2) is 0 Å². The average Bonchev–Trinajstić information content (AvgIpc) is 2.26. The van der Waals surface area contributed by atoms with E-state index in [1.165, 1.54) is 0 Å². The van der Waals surface area contributed by atoms with Crippen molar-refractivity contribution in [2.45, 2.75) is 6.92 Å². The van der Waals surface area contributed by atoms with Crippen molar-refractivity contribution in [3.63, 3.8) is 0 Å². The van der Waals surface area contributed by atoms with Crippen LogP contribution in [-0.2, 0) is 0 Å². The lowest BCUT2D eigenvalue weighted by atomic mass is 10.2. The first-order chi connectivity index (χ1) is 6.66. The zero-order chi connectivity index (χ0) is 10.1. The van der Waals surface area contributed by atoms with Crippen LogP contribution in [0.15, 0.2) is 18.2 Å². The van der Waals surface area contributed by atoms with E-state index in [4.69, 9.17) is 10.5 Å². The van der Waals surface area contributed by atoms with Crippen LogP contribution in [0.2, 0.25) is 0 Å². The summed E-state index contributed by atoms with van der Waals surface area (Å²) >= 11 is 0. The molecule has 1 aliphatic heterocycles. The summed E-state index contributed by atoms with van der Waals surface area (Å²) in [6, 6.07) is 5.82. The Morgan fingerprint density at radius 1 is 1.50 bits per heavy atom. The molecule has 3 heteroatoms. The van der Waals surface area contributed by atoms with Gasteiger partial charge in [-0.3, -0.25) is 0 Å². The molecule has 2 N–H and O–H groups in total. The van der Waals surface area contributed by atoms with Crippen molar-refractivity contribution in [3.05, 3.63) is 18.2 Å². The smallest absolute Gasteiger partial charge is 0.144 e. The summed E-state index contributed by atoms with van der Waals surface area (Å²) in [5, 5.41) is 0. The number of hydrogen-bond donors (Lipinski definition) is 1. The summed E-state index contributed by atoms with van der Waals surface area (Å²) in [7, 11) is 2.08. The second-order valence-electron chi connectivity index (χ2n) is 4.02. The van der Waals surface area contributed by atoms with Crippen molar-refractivity contribution in [2.24, 2.45) is 5.92 Å². The molecular formula is C11H16N2O. The normalized spacial score (nSPS) is 21.0. The molecule has 1 aliphatic rings. The Hall–Kier alpha value is -1.38. The molecule has 1 aromatic carbocycles. The van der Waals surface area contributed by atoms with Crippen molar-refractivity contribution >= 4 is 11.4 Å². The van der Waals surface area contributed by atoms with Crippen LogP contribution in [0, 0.1) is 5.92 Å². The van der Waals surface area contributed by atoms with Crippen LogP contribution in [0.25, 0.3) is 0 Å². The number of ether oxygens (including phenoxy) is 1. The minimum absolute atomic E-state index is 0.550. The van der Waals surface area contributed by atoms with Gasteiger partial charge in [0.25, 0.3) is 0 Å². The lowest BCUT2D eigenvalue weighted by Crippen LogP contribution is -2.23. The van der Waals surface area contributed by atoms with Crippen molar-refractivity contribution in [3.8, 4) is 5.75 Å². The Labute approximate surface area is 84.5 Å². The van der Waals surface area contributed by atoms with Gasteiger partial charge in [-0.25, -0.2) is 0 Å². The van der Waals surface area contributed by atoms with E-state index < -0.39 is 0 Å². The highest BCUT2D eigenvalue weighted by atomic mass is 16.5. The van der Waals surface area contributed by atoms with Gasteiger partial charge in [-0.15, -0.1) is 0 Å². The van der Waals surface area contributed by atoms with E-state index in [9.17, 15) is 0 Å². The standard InChI is InChI=1S/C11H16N2O/c1-8-6-13(2)10-4-3-9(12)5-11(10)14-7-8/h3-5,8H,6-7,12H2,1-2H3. The molecule has 2 rings (SSSR count). The molecule has 0 radical (unpaired) electrons. The monoisotopic (exact) mass is 192 g/mol. The molecule has 0 aliphatic carbocycles. The Kier molecular flexibility index (Phi) is 2.23. The minimum atomic E-state index is 0.550. The highest BCUT2D eigenvalue weighted by Gasteiger charge is 2.17. The lowest BCUT2D eigenvalue weighted by molar-refractivity contribution is 0.274. The zero-order valence-electron chi connectivity index (χ0n) is 8.66. The van der Waals surface area contributed by atoms with Crippen molar-refractivity contribution in [2.75, 3.05) is 30.8 Å². The summed E-state index contributed by atoms with van der Waals surface area (Å²) in [5.41, 5.74) is 7.60. The quantitative estimate of drug-likeness (QED) is 0.636. The van der Waals surface area contributed by atoms with Crippen molar-refractivity contribution in [1.29, 1.82) is 0 Å². The first-order valence-electron chi connectivity index (χ1n) is 4.90.